The molecule has 11 nitrogen and oxygen atoms in total. The van der Waals surface area contributed by atoms with Crippen LogP contribution < -0.4 is 90.9 Å². The molecule has 0 radical (unpaired) electrons. The molecule has 0 N–H and O–H groups in total. The number of anilines is 2. The Hall–Kier alpha value is -0.624. The number of hydrogen-bond acceptors (Lipinski definition) is 10. The van der Waals surface area contributed by atoms with Crippen LogP contribution in [0.1, 0.15) is 25.0 Å². The van der Waals surface area contributed by atoms with Gasteiger partial charge >= 0.3 is 80.9 Å². The number of carbonyl (C=O) groups excluding carboxylic acids is 1. The van der Waals surface area contributed by atoms with E-state index in [2.05, 4.69) is 5.10 Å². The summed E-state index contributed by atoms with van der Waals surface area (Å²) < 4.78 is 72.1. The van der Waals surface area contributed by atoms with Crippen molar-refractivity contribution in [2.45, 2.75) is 25.7 Å². The first-order chi connectivity index (χ1) is 16.8. The Morgan fingerprint density at radius 2 is 1.68 bits per heavy atom. The van der Waals surface area contributed by atoms with Crippen LogP contribution in [0.2, 0.25) is 0 Å². The molecule has 0 fully saturated rings. The van der Waals surface area contributed by atoms with Crippen LogP contribution >= 0.6 is 0 Å². The number of aryl methyl sites for hydroxylation is 1. The van der Waals surface area contributed by atoms with Crippen LogP contribution in [-0.4, -0.2) is 63.2 Å². The van der Waals surface area contributed by atoms with Gasteiger partial charge in [-0.3, -0.25) is 4.79 Å². The van der Waals surface area contributed by atoms with Crippen molar-refractivity contribution in [3.63, 3.8) is 0 Å². The number of rotatable bonds is 9. The predicted octanol–water partition coefficient (Wildman–Crippen LogP) is -3.94. The average Bonchev–Trinajstić information content (AvgIpc) is 3.10. The normalized spacial score (nSPS) is 14.6. The number of hydrazone groups is 1. The van der Waals surface area contributed by atoms with Crippen molar-refractivity contribution in [3.05, 3.63) is 59.2 Å². The number of nitrogens with zero attached hydrogens (tertiary/aromatic N) is 3. The van der Waals surface area contributed by atoms with Crippen LogP contribution in [0.25, 0.3) is 6.08 Å². The Kier molecular flexibility index (Phi) is 13.8. The summed E-state index contributed by atoms with van der Waals surface area (Å²) in [4.78, 5) is 14.5. The predicted molar refractivity (Wildman–Crippen MR) is 133 cm³/mol. The van der Waals surface area contributed by atoms with Crippen LogP contribution in [0.15, 0.2) is 58.0 Å². The molecule has 1 aliphatic rings. The summed E-state index contributed by atoms with van der Waals surface area (Å²) in [6, 6.07) is 10.2. The van der Waals surface area contributed by atoms with Crippen molar-refractivity contribution in [1.82, 2.24) is 0 Å². The zero-order valence-corrected chi connectivity index (χ0v) is 28.6. The maximum atomic E-state index is 13.2. The molecule has 0 saturated carbocycles. The monoisotopic (exact) mass is 597 g/mol. The summed E-state index contributed by atoms with van der Waals surface area (Å²) in [6.45, 7) is 6.21. The summed E-state index contributed by atoms with van der Waals surface area (Å²) in [7, 11) is -8.97. The molecule has 1 heterocycles. The molecule has 0 aliphatic carbocycles. The minimum Gasteiger partial charge on any atom is -0.748 e. The van der Waals surface area contributed by atoms with Crippen molar-refractivity contribution in [3.8, 4) is 0 Å². The number of benzene rings is 2. The third-order valence-electron chi connectivity index (χ3n) is 5.41. The van der Waals surface area contributed by atoms with E-state index in [0.717, 1.165) is 28.4 Å². The molecule has 0 saturated heterocycles. The second-order valence-corrected chi connectivity index (χ2v) is 10.7. The molecule has 194 valence electrons. The van der Waals surface area contributed by atoms with Crippen molar-refractivity contribution in [1.29, 1.82) is 0 Å². The van der Waals surface area contributed by atoms with Gasteiger partial charge in [-0.1, -0.05) is 6.07 Å². The van der Waals surface area contributed by atoms with Crippen molar-refractivity contribution in [2.75, 3.05) is 35.4 Å². The first-order valence-corrected chi connectivity index (χ1v) is 14.0. The van der Waals surface area contributed by atoms with Gasteiger partial charge < -0.3 is 18.7 Å². The van der Waals surface area contributed by atoms with Gasteiger partial charge in [0.05, 0.1) is 33.1 Å². The summed E-state index contributed by atoms with van der Waals surface area (Å²) in [5, 5.41) is 5.28. The second-order valence-electron chi connectivity index (χ2n) is 7.84. The molecule has 38 heavy (non-hydrogen) atoms. The first-order valence-electron chi connectivity index (χ1n) is 11.0. The zero-order chi connectivity index (χ0) is 26.7. The minimum absolute atomic E-state index is 0. The van der Waals surface area contributed by atoms with Gasteiger partial charge in [0.15, 0.2) is 0 Å². The summed E-state index contributed by atoms with van der Waals surface area (Å²) in [5.74, 6) is -0.927. The van der Waals surface area contributed by atoms with Crippen LogP contribution in [0, 0.1) is 6.92 Å². The molecule has 0 aromatic heterocycles. The van der Waals surface area contributed by atoms with Gasteiger partial charge in [-0.25, -0.2) is 16.8 Å². The fourth-order valence-corrected chi connectivity index (χ4v) is 4.47. The number of hydrogen-bond donors (Lipinski definition) is 0. The average molecular weight is 598 g/mol. The van der Waals surface area contributed by atoms with E-state index in [4.69, 9.17) is 4.74 Å². The fraction of sp³-hybridized carbons (Fsp3) is 0.304. The van der Waals surface area contributed by atoms with E-state index in [-0.39, 0.29) is 111 Å². The maximum Gasteiger partial charge on any atom is 1.00 e. The molecule has 2 aromatic carbocycles. The number of carbonyl (C=O) groups is 1. The van der Waals surface area contributed by atoms with Gasteiger partial charge in [-0.05, 0) is 74.4 Å². The molecular formula is C23H25KN3NaO8S2. The van der Waals surface area contributed by atoms with E-state index in [1.807, 2.05) is 19.9 Å². The SMILES string of the molecule is CCOC1=NN(c2ccc(S(=O)(=O)[O-])cc2)C(=O)/C1=C\c1ccc(N(CC)CCS(=O)(=O)[O-])cc1C.[K+].[Na+]. The standard InChI is InChI=1S/C23H27N3O8S2.K.Na/c1-4-25(12-13-35(28,29)30)19-7-6-17(16(3)14-19)15-21-22(34-5-2)24-26(23(21)27)18-8-10-20(11-9-18)36(31,32)33;;/h6-11,14-15H,4-5,12-13H2,1-3H3,(H,28,29,30)(H,31,32,33);;/q;2*+1/p-2/b21-15-;;. The maximum absolute atomic E-state index is 13.2. The van der Waals surface area contributed by atoms with Gasteiger partial charge in [-0.15, -0.1) is 5.10 Å². The van der Waals surface area contributed by atoms with Gasteiger partial charge in [0.1, 0.15) is 15.7 Å². The molecule has 15 heteroatoms. The van der Waals surface area contributed by atoms with Gasteiger partial charge in [0.25, 0.3) is 5.91 Å². The van der Waals surface area contributed by atoms with Gasteiger partial charge in [-0.2, -0.15) is 5.01 Å². The van der Waals surface area contributed by atoms with E-state index >= 15 is 0 Å². The molecule has 1 amide bonds. The number of ether oxygens (including phenoxy) is 1. The molecule has 2 aromatic rings. The third kappa shape index (κ3) is 9.21. The molecule has 0 spiro atoms. The molecule has 0 unspecified atom stereocenters. The van der Waals surface area contributed by atoms with E-state index in [0.29, 0.717) is 12.1 Å². The summed E-state index contributed by atoms with van der Waals surface area (Å²) in [5.41, 5.74) is 2.64. The van der Waals surface area contributed by atoms with Gasteiger partial charge in [0.2, 0.25) is 5.90 Å². The quantitative estimate of drug-likeness (QED) is 0.160. The van der Waals surface area contributed by atoms with E-state index in [1.165, 1.54) is 12.1 Å². The van der Waals surface area contributed by atoms with E-state index in [9.17, 15) is 30.7 Å². The molecular weight excluding hydrogens is 572 g/mol. The zero-order valence-electron chi connectivity index (χ0n) is 21.9. The van der Waals surface area contributed by atoms with Crippen LogP contribution in [0.4, 0.5) is 11.4 Å². The summed E-state index contributed by atoms with van der Waals surface area (Å²) >= 11 is 0. The van der Waals surface area contributed by atoms with Crippen molar-refractivity contribution < 1.29 is 116 Å². The van der Waals surface area contributed by atoms with Crippen molar-refractivity contribution >= 4 is 49.5 Å². The third-order valence-corrected chi connectivity index (χ3v) is 6.94. The molecule has 0 atom stereocenters. The minimum atomic E-state index is -4.63. The van der Waals surface area contributed by atoms with E-state index in [1.54, 1.807) is 30.0 Å². The first kappa shape index (κ1) is 35.4. The molecule has 1 aliphatic heterocycles. The van der Waals surface area contributed by atoms with Crippen molar-refractivity contribution in [2.24, 2.45) is 5.10 Å². The second kappa shape index (κ2) is 14.8. The van der Waals surface area contributed by atoms with Crippen LogP contribution in [0.5, 0.6) is 0 Å². The van der Waals surface area contributed by atoms with Crippen LogP contribution in [-0.2, 0) is 29.8 Å². The Balaban J connectivity index is 0.00000361. The Bertz CT molecular complexity index is 1430. The summed E-state index contributed by atoms with van der Waals surface area (Å²) in [6.07, 6.45) is 1.62. The van der Waals surface area contributed by atoms with E-state index < -0.39 is 36.8 Å². The Labute approximate surface area is 287 Å². The Morgan fingerprint density at radius 1 is 1.05 bits per heavy atom. The smallest absolute Gasteiger partial charge is 0.748 e. The van der Waals surface area contributed by atoms with Crippen LogP contribution in [0.3, 0.4) is 0 Å². The number of amides is 1. The molecule has 0 bridgehead atoms. The fourth-order valence-electron chi connectivity index (χ4n) is 3.56. The largest absolute Gasteiger partial charge is 1.00 e. The topological polar surface area (TPSA) is 160 Å². The Morgan fingerprint density at radius 3 is 2.18 bits per heavy atom. The van der Waals surface area contributed by atoms with Gasteiger partial charge in [0, 0.05) is 18.8 Å². The molecule has 3 rings (SSSR count).